The van der Waals surface area contributed by atoms with Crippen LogP contribution in [0.3, 0.4) is 0 Å². The minimum Gasteiger partial charge on any atom is -0.480 e. The molecule has 3 rings (SSSR count). The molecule has 2 aliphatic carbocycles. The molecule has 0 saturated heterocycles. The van der Waals surface area contributed by atoms with E-state index >= 15 is 0 Å². The third-order valence-electron chi connectivity index (χ3n) is 6.69. The van der Waals surface area contributed by atoms with Gasteiger partial charge < -0.3 is 5.11 Å². The highest BCUT2D eigenvalue weighted by Gasteiger charge is 2.65. The number of hydrogen-bond acceptors (Lipinski definition) is 5. The van der Waals surface area contributed by atoms with Gasteiger partial charge in [-0.05, 0) is 48.3 Å². The second-order valence-corrected chi connectivity index (χ2v) is 10.2. The highest BCUT2D eigenvalue weighted by atomic mass is 32.2. The summed E-state index contributed by atoms with van der Waals surface area (Å²) in [7, 11) is -4.01. The molecule has 28 heavy (non-hydrogen) atoms. The first-order valence-electron chi connectivity index (χ1n) is 9.26. The number of Topliss-reactive ketones (excluding diaryl/α,β-unsaturated/α-hetero) is 1. The maximum absolute atomic E-state index is 12.9. The van der Waals surface area contributed by atoms with Crippen molar-refractivity contribution in [3.05, 3.63) is 35.4 Å². The number of carboxylic acid groups (broad SMARTS) is 1. The first-order valence-corrected chi connectivity index (χ1v) is 10.9. The highest BCUT2D eigenvalue weighted by Crippen LogP contribution is 2.64. The van der Waals surface area contributed by atoms with Gasteiger partial charge in [-0.25, -0.2) is 13.1 Å². The van der Waals surface area contributed by atoms with E-state index in [1.807, 2.05) is 19.9 Å². The Labute approximate surface area is 164 Å². The molecule has 2 aliphatic rings. The Balaban J connectivity index is 1.80. The fraction of sp³-hybridized carbons (Fsp3) is 0.550. The van der Waals surface area contributed by atoms with Gasteiger partial charge in [0.1, 0.15) is 11.8 Å². The fourth-order valence-corrected chi connectivity index (χ4v) is 6.90. The predicted octanol–water partition coefficient (Wildman–Crippen LogP) is 1.87. The summed E-state index contributed by atoms with van der Waals surface area (Å²) >= 11 is 0. The number of rotatable bonds is 7. The molecule has 2 saturated carbocycles. The molecule has 0 amide bonds. The molecular formula is C20H24N2O5S. The molecule has 0 radical (unpaired) electrons. The van der Waals surface area contributed by atoms with E-state index in [0.717, 1.165) is 6.42 Å². The number of nitrogens with zero attached hydrogens (tertiary/aromatic N) is 1. The summed E-state index contributed by atoms with van der Waals surface area (Å²) in [6.45, 7) is 3.88. The van der Waals surface area contributed by atoms with Gasteiger partial charge >= 0.3 is 5.97 Å². The lowest BCUT2D eigenvalue weighted by molar-refractivity contribution is -0.138. The molecule has 2 fully saturated rings. The first kappa shape index (κ1) is 20.5. The van der Waals surface area contributed by atoms with E-state index in [0.29, 0.717) is 24.0 Å². The molecule has 0 aromatic heterocycles. The van der Waals surface area contributed by atoms with Crippen molar-refractivity contribution < 1.29 is 23.1 Å². The number of carboxylic acids is 1. The SMILES string of the molecule is CC1(C)[C@@H]2CC[C@@]1(CS(=O)(=O)N[C@@H](Cc1cccc(C#N)c1)C(=O)O)C(=O)C2. The number of ketones is 1. The normalized spacial score (nSPS) is 26.8. The lowest BCUT2D eigenvalue weighted by atomic mass is 9.70. The van der Waals surface area contributed by atoms with Gasteiger partial charge in [0.2, 0.25) is 10.0 Å². The van der Waals surface area contributed by atoms with Gasteiger partial charge in [0.05, 0.1) is 17.4 Å². The summed E-state index contributed by atoms with van der Waals surface area (Å²) in [6, 6.07) is 7.00. The third-order valence-corrected chi connectivity index (χ3v) is 8.21. The molecule has 7 nitrogen and oxygen atoms in total. The number of sulfonamides is 1. The Kier molecular flexibility index (Phi) is 5.11. The number of benzene rings is 1. The average molecular weight is 404 g/mol. The minimum absolute atomic E-state index is 0.0345. The van der Waals surface area contributed by atoms with Gasteiger partial charge in [-0.3, -0.25) is 9.59 Å². The second kappa shape index (κ2) is 6.98. The average Bonchev–Trinajstić information content (AvgIpc) is 2.95. The van der Waals surface area contributed by atoms with Crippen LogP contribution in [0.2, 0.25) is 0 Å². The fourth-order valence-electron chi connectivity index (χ4n) is 4.87. The van der Waals surface area contributed by atoms with Crippen molar-refractivity contribution in [3.63, 3.8) is 0 Å². The molecule has 1 aromatic rings. The van der Waals surface area contributed by atoms with Crippen molar-refractivity contribution in [1.29, 1.82) is 5.26 Å². The number of nitrogens with one attached hydrogen (secondary N) is 1. The standard InChI is InChI=1S/C20H24N2O5S/c1-19(2)15-6-7-20(19,17(23)10-15)12-28(26,27)22-16(18(24)25)9-13-4-3-5-14(8-13)11-21/h3-5,8,15-16,22H,6-7,9-10,12H2,1-2H3,(H,24,25)/t15-,16+,20-/m1/s1. The first-order chi connectivity index (χ1) is 13.0. The number of nitriles is 1. The maximum Gasteiger partial charge on any atom is 0.322 e. The van der Waals surface area contributed by atoms with E-state index in [1.165, 1.54) is 6.07 Å². The molecule has 3 atom stereocenters. The van der Waals surface area contributed by atoms with Gasteiger partial charge in [-0.15, -0.1) is 0 Å². The van der Waals surface area contributed by atoms with Crippen LogP contribution in [0.1, 0.15) is 44.2 Å². The number of hydrogen-bond donors (Lipinski definition) is 2. The Hall–Kier alpha value is -2.24. The van der Waals surface area contributed by atoms with Crippen molar-refractivity contribution in [2.75, 3.05) is 5.75 Å². The number of aliphatic carboxylic acids is 1. The predicted molar refractivity (Wildman–Crippen MR) is 102 cm³/mol. The van der Waals surface area contributed by atoms with Crippen LogP contribution in [0.25, 0.3) is 0 Å². The molecule has 0 spiro atoms. The van der Waals surface area contributed by atoms with Crippen molar-refractivity contribution in [3.8, 4) is 6.07 Å². The Morgan fingerprint density at radius 2 is 2.14 bits per heavy atom. The molecule has 2 N–H and O–H groups in total. The molecular weight excluding hydrogens is 380 g/mol. The molecule has 2 bridgehead atoms. The Morgan fingerprint density at radius 1 is 1.43 bits per heavy atom. The topological polar surface area (TPSA) is 124 Å². The second-order valence-electron chi connectivity index (χ2n) is 8.45. The molecule has 1 aromatic carbocycles. The summed E-state index contributed by atoms with van der Waals surface area (Å²) in [5.74, 6) is -1.54. The molecule has 150 valence electrons. The van der Waals surface area contributed by atoms with Crippen LogP contribution in [-0.2, 0) is 26.0 Å². The zero-order valence-electron chi connectivity index (χ0n) is 15.9. The van der Waals surface area contributed by atoms with Crippen LogP contribution in [0, 0.1) is 28.1 Å². The van der Waals surface area contributed by atoms with Gasteiger partial charge in [0.25, 0.3) is 0 Å². The minimum atomic E-state index is -4.01. The number of carbonyl (C=O) groups is 2. The molecule has 0 unspecified atom stereocenters. The highest BCUT2D eigenvalue weighted by molar-refractivity contribution is 7.89. The number of carbonyl (C=O) groups excluding carboxylic acids is 1. The zero-order valence-corrected chi connectivity index (χ0v) is 16.8. The molecule has 0 heterocycles. The molecule has 0 aliphatic heterocycles. The number of fused-ring (bicyclic) bond motifs is 2. The van der Waals surface area contributed by atoms with E-state index in [4.69, 9.17) is 5.26 Å². The lowest BCUT2D eigenvalue weighted by Gasteiger charge is -2.36. The van der Waals surface area contributed by atoms with E-state index in [-0.39, 0.29) is 23.9 Å². The van der Waals surface area contributed by atoms with E-state index < -0.39 is 32.9 Å². The summed E-state index contributed by atoms with van der Waals surface area (Å²) in [5, 5.41) is 18.5. The van der Waals surface area contributed by atoms with Gasteiger partial charge in [0.15, 0.2) is 0 Å². The van der Waals surface area contributed by atoms with Crippen molar-refractivity contribution in [1.82, 2.24) is 4.72 Å². The quantitative estimate of drug-likeness (QED) is 0.715. The largest absolute Gasteiger partial charge is 0.480 e. The lowest BCUT2D eigenvalue weighted by Crippen LogP contribution is -2.49. The smallest absolute Gasteiger partial charge is 0.322 e. The van der Waals surface area contributed by atoms with Crippen molar-refractivity contribution >= 4 is 21.8 Å². The van der Waals surface area contributed by atoms with Gasteiger partial charge in [-0.2, -0.15) is 5.26 Å². The van der Waals surface area contributed by atoms with Crippen molar-refractivity contribution in [2.45, 2.75) is 45.6 Å². The van der Waals surface area contributed by atoms with E-state index in [2.05, 4.69) is 4.72 Å². The van der Waals surface area contributed by atoms with Crippen LogP contribution in [0.5, 0.6) is 0 Å². The molecule has 8 heteroatoms. The van der Waals surface area contributed by atoms with Gasteiger partial charge in [-0.1, -0.05) is 26.0 Å². The monoisotopic (exact) mass is 404 g/mol. The summed E-state index contributed by atoms with van der Waals surface area (Å²) in [5.41, 5.74) is -0.449. The third kappa shape index (κ3) is 3.45. The van der Waals surface area contributed by atoms with Crippen molar-refractivity contribution in [2.24, 2.45) is 16.7 Å². The zero-order chi connectivity index (χ0) is 20.7. The van der Waals surface area contributed by atoms with Crippen LogP contribution in [0.15, 0.2) is 24.3 Å². The van der Waals surface area contributed by atoms with E-state index in [9.17, 15) is 23.1 Å². The Bertz CT molecular complexity index is 963. The summed E-state index contributed by atoms with van der Waals surface area (Å²) in [6.07, 6.45) is 1.65. The van der Waals surface area contributed by atoms with E-state index in [1.54, 1.807) is 18.2 Å². The van der Waals surface area contributed by atoms with Crippen LogP contribution >= 0.6 is 0 Å². The van der Waals surface area contributed by atoms with Crippen LogP contribution in [0.4, 0.5) is 0 Å². The van der Waals surface area contributed by atoms with Crippen LogP contribution < -0.4 is 4.72 Å². The van der Waals surface area contributed by atoms with Gasteiger partial charge in [0, 0.05) is 11.8 Å². The maximum atomic E-state index is 12.9. The summed E-state index contributed by atoms with van der Waals surface area (Å²) < 4.78 is 28.0. The Morgan fingerprint density at radius 3 is 2.68 bits per heavy atom. The summed E-state index contributed by atoms with van der Waals surface area (Å²) in [4.78, 5) is 24.3. The van der Waals surface area contributed by atoms with Crippen LogP contribution in [-0.4, -0.2) is 37.1 Å².